The smallest absolute Gasteiger partial charge is 0.168 e. The predicted molar refractivity (Wildman–Crippen MR) is 60.0 cm³/mol. The van der Waals surface area contributed by atoms with Gasteiger partial charge in [0.1, 0.15) is 0 Å². The molecule has 1 aliphatic rings. The van der Waals surface area contributed by atoms with Crippen LogP contribution in [0.25, 0.3) is 0 Å². The van der Waals surface area contributed by atoms with Gasteiger partial charge in [0.05, 0.1) is 13.2 Å². The van der Waals surface area contributed by atoms with E-state index in [-0.39, 0.29) is 11.9 Å². The highest BCUT2D eigenvalue weighted by Gasteiger charge is 2.24. The summed E-state index contributed by atoms with van der Waals surface area (Å²) in [6.07, 6.45) is 3.11. The third-order valence-corrected chi connectivity index (χ3v) is 3.29. The van der Waals surface area contributed by atoms with Crippen LogP contribution in [0, 0.1) is 11.7 Å². The number of benzene rings is 1. The molecule has 1 aliphatic carbocycles. The maximum absolute atomic E-state index is 13.8. The average molecular weight is 224 g/mol. The van der Waals surface area contributed by atoms with Crippen LogP contribution in [0.2, 0.25) is 0 Å². The predicted octanol–water partition coefficient (Wildman–Crippen LogP) is 2.54. The molecule has 88 valence electrons. The molecule has 0 radical (unpaired) electrons. The lowest BCUT2D eigenvalue weighted by Crippen LogP contribution is -2.05. The van der Waals surface area contributed by atoms with Crippen molar-refractivity contribution in [3.05, 3.63) is 29.6 Å². The van der Waals surface area contributed by atoms with Crippen LogP contribution in [0.1, 0.15) is 24.8 Å². The Morgan fingerprint density at radius 1 is 1.44 bits per heavy atom. The molecule has 2 atom stereocenters. The fourth-order valence-electron chi connectivity index (χ4n) is 2.42. The first-order chi connectivity index (χ1) is 7.70. The van der Waals surface area contributed by atoms with Crippen molar-refractivity contribution in [3.63, 3.8) is 0 Å². The summed E-state index contributed by atoms with van der Waals surface area (Å²) in [6.45, 7) is 0. The molecular weight excluding hydrogens is 207 g/mol. The van der Waals surface area contributed by atoms with E-state index in [0.29, 0.717) is 23.7 Å². The summed E-state index contributed by atoms with van der Waals surface area (Å²) < 4.78 is 18.8. The quantitative estimate of drug-likeness (QED) is 0.855. The summed E-state index contributed by atoms with van der Waals surface area (Å²) in [6, 6.07) is 5.23. The summed E-state index contributed by atoms with van der Waals surface area (Å²) in [7, 11) is 1.47. The molecule has 2 unspecified atom stereocenters. The molecule has 1 aromatic rings. The Labute approximate surface area is 95.1 Å². The van der Waals surface area contributed by atoms with E-state index in [0.717, 1.165) is 19.3 Å². The number of halogens is 1. The van der Waals surface area contributed by atoms with Gasteiger partial charge in [-0.3, -0.25) is 0 Å². The standard InChI is InChI=1S/C13H17FO2/c1-16-12-4-2-3-10(13(12)14)7-9-5-6-11(15)8-9/h2-4,9,11,15H,5-8H2,1H3. The summed E-state index contributed by atoms with van der Waals surface area (Å²) in [4.78, 5) is 0. The van der Waals surface area contributed by atoms with Gasteiger partial charge in [-0.25, -0.2) is 4.39 Å². The largest absolute Gasteiger partial charge is 0.494 e. The monoisotopic (exact) mass is 224 g/mol. The molecule has 0 aromatic heterocycles. The maximum Gasteiger partial charge on any atom is 0.168 e. The van der Waals surface area contributed by atoms with Gasteiger partial charge in [-0.1, -0.05) is 12.1 Å². The van der Waals surface area contributed by atoms with Crippen molar-refractivity contribution in [2.24, 2.45) is 5.92 Å². The Bertz CT molecular complexity index is 365. The molecule has 1 aromatic carbocycles. The molecule has 0 saturated heterocycles. The minimum Gasteiger partial charge on any atom is -0.494 e. The fraction of sp³-hybridized carbons (Fsp3) is 0.538. The van der Waals surface area contributed by atoms with Crippen molar-refractivity contribution in [3.8, 4) is 5.75 Å². The van der Waals surface area contributed by atoms with Gasteiger partial charge in [0.2, 0.25) is 0 Å². The Kier molecular flexibility index (Phi) is 3.44. The molecule has 1 saturated carbocycles. The van der Waals surface area contributed by atoms with E-state index in [9.17, 15) is 9.50 Å². The van der Waals surface area contributed by atoms with Gasteiger partial charge in [-0.2, -0.15) is 0 Å². The summed E-state index contributed by atoms with van der Waals surface area (Å²) >= 11 is 0. The third kappa shape index (κ3) is 2.35. The number of rotatable bonds is 3. The molecule has 3 heteroatoms. The number of hydrogen-bond donors (Lipinski definition) is 1. The van der Waals surface area contributed by atoms with Crippen molar-refractivity contribution >= 4 is 0 Å². The van der Waals surface area contributed by atoms with Crippen molar-refractivity contribution < 1.29 is 14.2 Å². The number of ether oxygens (including phenoxy) is 1. The van der Waals surface area contributed by atoms with Gasteiger partial charge in [0.25, 0.3) is 0 Å². The van der Waals surface area contributed by atoms with Crippen LogP contribution in [0.15, 0.2) is 18.2 Å². The average Bonchev–Trinajstić information content (AvgIpc) is 2.67. The van der Waals surface area contributed by atoms with Gasteiger partial charge in [-0.15, -0.1) is 0 Å². The topological polar surface area (TPSA) is 29.5 Å². The first kappa shape index (κ1) is 11.4. The Morgan fingerprint density at radius 2 is 2.25 bits per heavy atom. The van der Waals surface area contributed by atoms with Gasteiger partial charge in [-0.05, 0) is 43.2 Å². The maximum atomic E-state index is 13.8. The van der Waals surface area contributed by atoms with Crippen LogP contribution in [-0.2, 0) is 6.42 Å². The number of methoxy groups -OCH3 is 1. The summed E-state index contributed by atoms with van der Waals surface area (Å²) in [5.74, 6) is 0.444. The lowest BCUT2D eigenvalue weighted by atomic mass is 9.97. The zero-order valence-electron chi connectivity index (χ0n) is 9.45. The van der Waals surface area contributed by atoms with Gasteiger partial charge in [0.15, 0.2) is 11.6 Å². The van der Waals surface area contributed by atoms with Crippen LogP contribution in [0.5, 0.6) is 5.75 Å². The van der Waals surface area contributed by atoms with Crippen molar-refractivity contribution in [2.45, 2.75) is 31.8 Å². The second-order valence-electron chi connectivity index (χ2n) is 4.47. The number of aliphatic hydroxyl groups excluding tert-OH is 1. The van der Waals surface area contributed by atoms with Crippen LogP contribution in [-0.4, -0.2) is 18.3 Å². The molecule has 0 aliphatic heterocycles. The first-order valence-electron chi connectivity index (χ1n) is 5.70. The normalized spacial score (nSPS) is 24.7. The lowest BCUT2D eigenvalue weighted by molar-refractivity contribution is 0.177. The molecular formula is C13H17FO2. The third-order valence-electron chi connectivity index (χ3n) is 3.29. The molecule has 1 N–H and O–H groups in total. The van der Waals surface area contributed by atoms with Crippen LogP contribution >= 0.6 is 0 Å². The molecule has 16 heavy (non-hydrogen) atoms. The zero-order chi connectivity index (χ0) is 11.5. The fourth-order valence-corrected chi connectivity index (χ4v) is 2.42. The van der Waals surface area contributed by atoms with Crippen LogP contribution in [0.3, 0.4) is 0 Å². The Morgan fingerprint density at radius 3 is 2.88 bits per heavy atom. The highest BCUT2D eigenvalue weighted by atomic mass is 19.1. The minimum absolute atomic E-state index is 0.196. The SMILES string of the molecule is COc1cccc(CC2CCC(O)C2)c1F. The van der Waals surface area contributed by atoms with Gasteiger partial charge < -0.3 is 9.84 Å². The molecule has 2 rings (SSSR count). The summed E-state index contributed by atoms with van der Waals surface area (Å²) in [5, 5.41) is 9.43. The van der Waals surface area contributed by atoms with E-state index in [1.807, 2.05) is 6.07 Å². The van der Waals surface area contributed by atoms with E-state index >= 15 is 0 Å². The Hall–Kier alpha value is -1.09. The van der Waals surface area contributed by atoms with E-state index in [2.05, 4.69) is 0 Å². The number of hydrogen-bond acceptors (Lipinski definition) is 2. The van der Waals surface area contributed by atoms with E-state index < -0.39 is 0 Å². The highest BCUT2D eigenvalue weighted by molar-refractivity contribution is 5.31. The Balaban J connectivity index is 2.09. The molecule has 2 nitrogen and oxygen atoms in total. The first-order valence-corrected chi connectivity index (χ1v) is 5.70. The van der Waals surface area contributed by atoms with Crippen molar-refractivity contribution in [1.82, 2.24) is 0 Å². The molecule has 0 amide bonds. The second-order valence-corrected chi connectivity index (χ2v) is 4.47. The van der Waals surface area contributed by atoms with E-state index in [1.165, 1.54) is 7.11 Å². The molecule has 0 heterocycles. The number of aliphatic hydroxyl groups is 1. The summed E-state index contributed by atoms with van der Waals surface area (Å²) in [5.41, 5.74) is 0.693. The minimum atomic E-state index is -0.258. The van der Waals surface area contributed by atoms with E-state index in [4.69, 9.17) is 4.74 Å². The molecule has 1 fully saturated rings. The molecule has 0 spiro atoms. The van der Waals surface area contributed by atoms with Crippen molar-refractivity contribution in [2.75, 3.05) is 7.11 Å². The van der Waals surface area contributed by atoms with Gasteiger partial charge in [0, 0.05) is 0 Å². The highest BCUT2D eigenvalue weighted by Crippen LogP contribution is 2.30. The van der Waals surface area contributed by atoms with E-state index in [1.54, 1.807) is 12.1 Å². The lowest BCUT2D eigenvalue weighted by Gasteiger charge is -2.11. The van der Waals surface area contributed by atoms with Gasteiger partial charge >= 0.3 is 0 Å². The second kappa shape index (κ2) is 4.83. The zero-order valence-corrected chi connectivity index (χ0v) is 9.45. The van der Waals surface area contributed by atoms with Crippen LogP contribution < -0.4 is 4.74 Å². The molecule has 0 bridgehead atoms. The van der Waals surface area contributed by atoms with Crippen LogP contribution in [0.4, 0.5) is 4.39 Å². The van der Waals surface area contributed by atoms with Crippen molar-refractivity contribution in [1.29, 1.82) is 0 Å².